The summed E-state index contributed by atoms with van der Waals surface area (Å²) in [5.41, 5.74) is 6.71. The van der Waals surface area contributed by atoms with Crippen molar-refractivity contribution in [1.82, 2.24) is 9.78 Å². The summed E-state index contributed by atoms with van der Waals surface area (Å²) in [6.07, 6.45) is 2.74. The molecule has 0 bridgehead atoms. The van der Waals surface area contributed by atoms with Crippen molar-refractivity contribution in [3.05, 3.63) is 18.0 Å². The lowest BCUT2D eigenvalue weighted by atomic mass is 9.98. The van der Waals surface area contributed by atoms with Crippen LogP contribution < -0.4 is 5.73 Å². The van der Waals surface area contributed by atoms with Crippen molar-refractivity contribution in [3.8, 4) is 0 Å². The summed E-state index contributed by atoms with van der Waals surface area (Å²) in [5.74, 6) is 0.507. The van der Waals surface area contributed by atoms with E-state index in [1.54, 1.807) is 0 Å². The summed E-state index contributed by atoms with van der Waals surface area (Å²) >= 11 is 0. The molecule has 96 valence electrons. The number of rotatable bonds is 6. The third kappa shape index (κ3) is 4.30. The Kier molecular flexibility index (Phi) is 4.87. The van der Waals surface area contributed by atoms with Crippen LogP contribution in [0, 0.1) is 5.92 Å². The minimum absolute atomic E-state index is 0.0466. The summed E-state index contributed by atoms with van der Waals surface area (Å²) in [6.45, 7) is 8.19. The quantitative estimate of drug-likeness (QED) is 0.822. The number of aromatic nitrogens is 2. The van der Waals surface area contributed by atoms with Gasteiger partial charge in [0, 0.05) is 24.7 Å². The van der Waals surface area contributed by atoms with Crippen LogP contribution in [0.5, 0.6) is 0 Å². The Balaban J connectivity index is 2.50. The second-order valence-electron chi connectivity index (χ2n) is 5.21. The van der Waals surface area contributed by atoms with Gasteiger partial charge in [-0.25, -0.2) is 0 Å². The molecular formula is C13H23N3O. The Morgan fingerprint density at radius 1 is 1.41 bits per heavy atom. The molecule has 0 radical (unpaired) electrons. The van der Waals surface area contributed by atoms with Crippen molar-refractivity contribution in [1.29, 1.82) is 0 Å². The maximum atomic E-state index is 11.8. The molecule has 0 saturated carbocycles. The van der Waals surface area contributed by atoms with Crippen molar-refractivity contribution in [2.45, 2.75) is 52.6 Å². The van der Waals surface area contributed by atoms with Gasteiger partial charge >= 0.3 is 0 Å². The van der Waals surface area contributed by atoms with Crippen LogP contribution in [0.4, 0.5) is 0 Å². The predicted molar refractivity (Wildman–Crippen MR) is 68.8 cm³/mol. The molecule has 1 rings (SSSR count). The molecule has 0 amide bonds. The van der Waals surface area contributed by atoms with Crippen LogP contribution in [0.25, 0.3) is 0 Å². The van der Waals surface area contributed by atoms with Gasteiger partial charge in [-0.3, -0.25) is 9.48 Å². The Labute approximate surface area is 103 Å². The number of ketones is 1. The molecule has 0 aliphatic heterocycles. The van der Waals surface area contributed by atoms with Crippen molar-refractivity contribution < 1.29 is 4.79 Å². The highest BCUT2D eigenvalue weighted by molar-refractivity contribution is 5.81. The summed E-state index contributed by atoms with van der Waals surface area (Å²) in [4.78, 5) is 11.8. The molecule has 0 aliphatic rings. The van der Waals surface area contributed by atoms with Crippen molar-refractivity contribution in [2.24, 2.45) is 11.7 Å². The normalized spacial score (nSPS) is 13.4. The van der Waals surface area contributed by atoms with Gasteiger partial charge < -0.3 is 5.73 Å². The van der Waals surface area contributed by atoms with Gasteiger partial charge in [0.15, 0.2) is 0 Å². The molecule has 1 atom stereocenters. The minimum Gasteiger partial charge on any atom is -0.327 e. The van der Waals surface area contributed by atoms with E-state index in [0.29, 0.717) is 24.8 Å². The van der Waals surface area contributed by atoms with E-state index in [1.807, 2.05) is 30.8 Å². The fourth-order valence-corrected chi connectivity index (χ4v) is 1.53. The smallest absolute Gasteiger partial charge is 0.140 e. The highest BCUT2D eigenvalue weighted by atomic mass is 16.1. The van der Waals surface area contributed by atoms with Crippen LogP contribution in [0.15, 0.2) is 12.3 Å². The first-order valence-corrected chi connectivity index (χ1v) is 6.21. The Hall–Kier alpha value is -1.16. The first kappa shape index (κ1) is 13.9. The number of Topliss-reactive ketones (excluding diaryl/α,β-unsaturated/α-hetero) is 1. The average Bonchev–Trinajstić information content (AvgIpc) is 2.65. The summed E-state index contributed by atoms with van der Waals surface area (Å²) in [7, 11) is 0. The summed E-state index contributed by atoms with van der Waals surface area (Å²) < 4.78 is 1.87. The number of carbonyl (C=O) groups is 1. The van der Waals surface area contributed by atoms with Crippen LogP contribution in [0.3, 0.4) is 0 Å². The van der Waals surface area contributed by atoms with Crippen LogP contribution in [-0.4, -0.2) is 21.6 Å². The monoisotopic (exact) mass is 237 g/mol. The zero-order chi connectivity index (χ0) is 13.0. The first-order valence-electron chi connectivity index (χ1n) is 6.21. The van der Waals surface area contributed by atoms with Gasteiger partial charge in [0.25, 0.3) is 0 Å². The topological polar surface area (TPSA) is 60.9 Å². The van der Waals surface area contributed by atoms with E-state index in [4.69, 9.17) is 5.73 Å². The van der Waals surface area contributed by atoms with Crippen molar-refractivity contribution in [3.63, 3.8) is 0 Å². The third-order valence-corrected chi connectivity index (χ3v) is 2.89. The van der Waals surface area contributed by atoms with Gasteiger partial charge in [-0.2, -0.15) is 5.10 Å². The van der Waals surface area contributed by atoms with E-state index in [0.717, 1.165) is 5.69 Å². The SMILES string of the molecule is CC(C)C(N)CC(=O)Cc1ccn(C(C)C)n1. The van der Waals surface area contributed by atoms with Crippen LogP contribution in [0.2, 0.25) is 0 Å². The number of hydrogen-bond acceptors (Lipinski definition) is 3. The van der Waals surface area contributed by atoms with Crippen LogP contribution in [-0.2, 0) is 11.2 Å². The number of nitrogens with zero attached hydrogens (tertiary/aromatic N) is 2. The van der Waals surface area contributed by atoms with E-state index in [1.165, 1.54) is 0 Å². The zero-order valence-corrected chi connectivity index (χ0v) is 11.2. The fraction of sp³-hybridized carbons (Fsp3) is 0.692. The molecule has 1 aromatic rings. The molecule has 1 unspecified atom stereocenters. The molecule has 0 spiro atoms. The van der Waals surface area contributed by atoms with E-state index < -0.39 is 0 Å². The molecule has 0 saturated heterocycles. The Morgan fingerprint density at radius 3 is 2.53 bits per heavy atom. The van der Waals surface area contributed by atoms with Gasteiger partial charge in [-0.1, -0.05) is 13.8 Å². The lowest BCUT2D eigenvalue weighted by Crippen LogP contribution is -2.29. The van der Waals surface area contributed by atoms with Gasteiger partial charge in [0.1, 0.15) is 5.78 Å². The predicted octanol–water partition coefficient (Wildman–Crippen LogP) is 1.95. The van der Waals surface area contributed by atoms with E-state index in [-0.39, 0.29) is 11.8 Å². The molecule has 0 fully saturated rings. The molecule has 0 aliphatic carbocycles. The maximum Gasteiger partial charge on any atom is 0.140 e. The highest BCUT2D eigenvalue weighted by Gasteiger charge is 2.14. The van der Waals surface area contributed by atoms with E-state index in [9.17, 15) is 4.79 Å². The lowest BCUT2D eigenvalue weighted by molar-refractivity contribution is -0.119. The minimum atomic E-state index is -0.0466. The van der Waals surface area contributed by atoms with Gasteiger partial charge in [-0.15, -0.1) is 0 Å². The molecule has 17 heavy (non-hydrogen) atoms. The van der Waals surface area contributed by atoms with Crippen molar-refractivity contribution >= 4 is 5.78 Å². The molecule has 1 aromatic heterocycles. The standard InChI is InChI=1S/C13H23N3O/c1-9(2)13(14)8-12(17)7-11-5-6-16(15-11)10(3)4/h5-6,9-10,13H,7-8,14H2,1-4H3. The highest BCUT2D eigenvalue weighted by Crippen LogP contribution is 2.08. The molecule has 4 nitrogen and oxygen atoms in total. The van der Waals surface area contributed by atoms with Crippen LogP contribution in [0.1, 0.15) is 45.9 Å². The van der Waals surface area contributed by atoms with Crippen molar-refractivity contribution in [2.75, 3.05) is 0 Å². The molecule has 4 heteroatoms. The van der Waals surface area contributed by atoms with E-state index >= 15 is 0 Å². The third-order valence-electron chi connectivity index (χ3n) is 2.89. The number of nitrogens with two attached hydrogens (primary N) is 1. The Bertz CT molecular complexity index is 368. The average molecular weight is 237 g/mol. The summed E-state index contributed by atoms with van der Waals surface area (Å²) in [5, 5.41) is 4.36. The molecule has 1 heterocycles. The second-order valence-corrected chi connectivity index (χ2v) is 5.21. The maximum absolute atomic E-state index is 11.8. The lowest BCUT2D eigenvalue weighted by Gasteiger charge is -2.13. The molecule has 2 N–H and O–H groups in total. The van der Waals surface area contributed by atoms with Gasteiger partial charge in [0.05, 0.1) is 12.1 Å². The first-order chi connectivity index (χ1) is 7.90. The van der Waals surface area contributed by atoms with Gasteiger partial charge in [-0.05, 0) is 25.8 Å². The largest absolute Gasteiger partial charge is 0.327 e. The Morgan fingerprint density at radius 2 is 2.06 bits per heavy atom. The van der Waals surface area contributed by atoms with Crippen LogP contribution >= 0.6 is 0 Å². The second kappa shape index (κ2) is 5.96. The number of hydrogen-bond donors (Lipinski definition) is 1. The molecule has 0 aromatic carbocycles. The molecular weight excluding hydrogens is 214 g/mol. The zero-order valence-electron chi connectivity index (χ0n) is 11.2. The number of carbonyl (C=O) groups excluding carboxylic acids is 1. The summed E-state index contributed by atoms with van der Waals surface area (Å²) in [6, 6.07) is 2.19. The van der Waals surface area contributed by atoms with E-state index in [2.05, 4.69) is 18.9 Å². The van der Waals surface area contributed by atoms with Gasteiger partial charge in [0.2, 0.25) is 0 Å². The fourth-order valence-electron chi connectivity index (χ4n) is 1.53.